The summed E-state index contributed by atoms with van der Waals surface area (Å²) in [5, 5.41) is 2.44. The normalized spacial score (nSPS) is 14.5. The van der Waals surface area contributed by atoms with Crippen LogP contribution in [0.2, 0.25) is 0 Å². The number of alkyl halides is 3. The molecule has 1 fully saturated rings. The highest BCUT2D eigenvalue weighted by Gasteiger charge is 2.34. The largest absolute Gasteiger partial charge is 0.418 e. The summed E-state index contributed by atoms with van der Waals surface area (Å²) in [6.45, 7) is 4.95. The van der Waals surface area contributed by atoms with E-state index in [9.17, 15) is 18.0 Å². The highest BCUT2D eigenvalue weighted by molar-refractivity contribution is 5.93. The van der Waals surface area contributed by atoms with E-state index in [1.165, 1.54) is 23.8 Å². The number of amides is 1. The van der Waals surface area contributed by atoms with Gasteiger partial charge in [0.2, 0.25) is 5.91 Å². The molecule has 0 atom stereocenters. The van der Waals surface area contributed by atoms with Crippen molar-refractivity contribution in [2.75, 3.05) is 11.9 Å². The number of carbonyl (C=O) groups is 1. The fourth-order valence-corrected chi connectivity index (χ4v) is 3.21. The molecule has 150 valence electrons. The van der Waals surface area contributed by atoms with Crippen molar-refractivity contribution in [3.05, 3.63) is 65.2 Å². The van der Waals surface area contributed by atoms with Gasteiger partial charge in [-0.05, 0) is 42.0 Å². The molecule has 0 heterocycles. The van der Waals surface area contributed by atoms with Crippen LogP contribution in [0.15, 0.2) is 48.5 Å². The highest BCUT2D eigenvalue weighted by Crippen LogP contribution is 2.34. The zero-order valence-electron chi connectivity index (χ0n) is 16.1. The van der Waals surface area contributed by atoms with E-state index in [1.807, 2.05) is 4.90 Å². The van der Waals surface area contributed by atoms with Crippen molar-refractivity contribution in [1.82, 2.24) is 4.90 Å². The Morgan fingerprint density at radius 1 is 1.11 bits per heavy atom. The molecule has 3 rings (SSSR count). The van der Waals surface area contributed by atoms with Crippen molar-refractivity contribution in [3.63, 3.8) is 0 Å². The van der Waals surface area contributed by atoms with Gasteiger partial charge in [0.05, 0.1) is 17.8 Å². The standard InChI is InChI=1S/C22H25F3N2O/c1-15(2)17-9-7-16(8-10-17)13-27(18-11-12-18)14-21(28)26-20-6-4-3-5-19(20)22(23,24)25/h3-10,15,18H,11-14H2,1-2H3,(H,26,28). The molecule has 1 aliphatic carbocycles. The number of nitrogens with zero attached hydrogens (tertiary/aromatic N) is 1. The Morgan fingerprint density at radius 2 is 1.75 bits per heavy atom. The summed E-state index contributed by atoms with van der Waals surface area (Å²) in [4.78, 5) is 14.5. The molecule has 0 aromatic heterocycles. The van der Waals surface area contributed by atoms with E-state index in [4.69, 9.17) is 0 Å². The van der Waals surface area contributed by atoms with Gasteiger partial charge >= 0.3 is 6.18 Å². The Bertz CT molecular complexity index is 811. The third-order valence-corrected chi connectivity index (χ3v) is 4.95. The molecule has 0 aliphatic heterocycles. The summed E-state index contributed by atoms with van der Waals surface area (Å²) in [5.41, 5.74) is 1.32. The predicted molar refractivity (Wildman–Crippen MR) is 104 cm³/mol. The molecule has 2 aromatic rings. The lowest BCUT2D eigenvalue weighted by atomic mass is 10.0. The first-order chi connectivity index (χ1) is 13.2. The van der Waals surface area contributed by atoms with E-state index in [2.05, 4.69) is 43.4 Å². The molecule has 1 aliphatic rings. The fourth-order valence-electron chi connectivity index (χ4n) is 3.21. The third-order valence-electron chi connectivity index (χ3n) is 4.95. The van der Waals surface area contributed by atoms with E-state index < -0.39 is 17.6 Å². The number of carbonyl (C=O) groups excluding carboxylic acids is 1. The molecular weight excluding hydrogens is 365 g/mol. The zero-order chi connectivity index (χ0) is 20.3. The highest BCUT2D eigenvalue weighted by atomic mass is 19.4. The van der Waals surface area contributed by atoms with Gasteiger partial charge in [-0.2, -0.15) is 13.2 Å². The van der Waals surface area contributed by atoms with Gasteiger partial charge < -0.3 is 5.32 Å². The smallest absolute Gasteiger partial charge is 0.324 e. The van der Waals surface area contributed by atoms with Gasteiger partial charge in [0.1, 0.15) is 0 Å². The quantitative estimate of drug-likeness (QED) is 0.684. The Morgan fingerprint density at radius 3 is 2.32 bits per heavy atom. The van der Waals surface area contributed by atoms with Gasteiger partial charge in [0.15, 0.2) is 0 Å². The van der Waals surface area contributed by atoms with Crippen LogP contribution in [0.3, 0.4) is 0 Å². The number of para-hydroxylation sites is 1. The van der Waals surface area contributed by atoms with Crippen LogP contribution in [0.25, 0.3) is 0 Å². The van der Waals surface area contributed by atoms with Crippen LogP contribution in [0, 0.1) is 0 Å². The van der Waals surface area contributed by atoms with Gasteiger partial charge in [0, 0.05) is 12.6 Å². The topological polar surface area (TPSA) is 32.3 Å². The summed E-state index contributed by atoms with van der Waals surface area (Å²) in [6.07, 6.45) is -2.48. The average molecular weight is 390 g/mol. The molecule has 3 nitrogen and oxygen atoms in total. The van der Waals surface area contributed by atoms with Crippen molar-refractivity contribution >= 4 is 11.6 Å². The maximum absolute atomic E-state index is 13.1. The number of rotatable bonds is 7. The third kappa shape index (κ3) is 5.35. The summed E-state index contributed by atoms with van der Waals surface area (Å²) in [5.74, 6) is 0.0236. The molecule has 0 saturated heterocycles. The fraction of sp³-hybridized carbons (Fsp3) is 0.409. The number of hydrogen-bond acceptors (Lipinski definition) is 2. The lowest BCUT2D eigenvalue weighted by Crippen LogP contribution is -2.34. The number of benzene rings is 2. The molecule has 0 spiro atoms. The molecule has 1 saturated carbocycles. The van der Waals surface area contributed by atoms with Crippen LogP contribution in [0.5, 0.6) is 0 Å². The first kappa shape index (κ1) is 20.4. The molecule has 28 heavy (non-hydrogen) atoms. The Hall–Kier alpha value is -2.34. The van der Waals surface area contributed by atoms with Gasteiger partial charge in [-0.25, -0.2) is 0 Å². The van der Waals surface area contributed by atoms with Gasteiger partial charge in [-0.15, -0.1) is 0 Å². The number of nitrogens with one attached hydrogen (secondary N) is 1. The maximum Gasteiger partial charge on any atom is 0.418 e. The van der Waals surface area contributed by atoms with Gasteiger partial charge in [-0.1, -0.05) is 50.2 Å². The number of hydrogen-bond donors (Lipinski definition) is 1. The minimum Gasteiger partial charge on any atom is -0.324 e. The van der Waals surface area contributed by atoms with Gasteiger partial charge in [0.25, 0.3) is 0 Å². The summed E-state index contributed by atoms with van der Waals surface area (Å²) >= 11 is 0. The molecule has 6 heteroatoms. The first-order valence-corrected chi connectivity index (χ1v) is 9.53. The number of halogens is 3. The summed E-state index contributed by atoms with van der Waals surface area (Å²) in [7, 11) is 0. The second-order valence-electron chi connectivity index (χ2n) is 7.62. The number of anilines is 1. The molecule has 0 radical (unpaired) electrons. The minimum absolute atomic E-state index is 0.0722. The van der Waals surface area contributed by atoms with Crippen molar-refractivity contribution in [2.45, 2.75) is 51.4 Å². The summed E-state index contributed by atoms with van der Waals surface area (Å²) < 4.78 is 39.3. The van der Waals surface area contributed by atoms with Gasteiger partial charge in [-0.3, -0.25) is 9.69 Å². The lowest BCUT2D eigenvalue weighted by Gasteiger charge is -2.22. The Balaban J connectivity index is 1.66. The second kappa shape index (κ2) is 8.35. The molecule has 2 aromatic carbocycles. The van der Waals surface area contributed by atoms with Crippen LogP contribution in [-0.2, 0) is 17.5 Å². The monoisotopic (exact) mass is 390 g/mol. The first-order valence-electron chi connectivity index (χ1n) is 9.53. The van der Waals surface area contributed by atoms with E-state index in [0.29, 0.717) is 18.5 Å². The molecule has 0 bridgehead atoms. The van der Waals surface area contributed by atoms with Crippen LogP contribution in [-0.4, -0.2) is 23.4 Å². The molecular formula is C22H25F3N2O. The molecule has 1 N–H and O–H groups in total. The average Bonchev–Trinajstić information content (AvgIpc) is 3.46. The van der Waals surface area contributed by atoms with Crippen LogP contribution in [0.4, 0.5) is 18.9 Å². The van der Waals surface area contributed by atoms with Crippen LogP contribution < -0.4 is 5.32 Å². The van der Waals surface area contributed by atoms with Crippen LogP contribution >= 0.6 is 0 Å². The minimum atomic E-state index is -4.50. The second-order valence-corrected chi connectivity index (χ2v) is 7.62. The Labute approximate surface area is 163 Å². The maximum atomic E-state index is 13.1. The molecule has 1 amide bonds. The van der Waals surface area contributed by atoms with Crippen molar-refractivity contribution in [2.24, 2.45) is 0 Å². The SMILES string of the molecule is CC(C)c1ccc(CN(CC(=O)Nc2ccccc2C(F)(F)F)C2CC2)cc1. The van der Waals surface area contributed by atoms with Crippen molar-refractivity contribution < 1.29 is 18.0 Å². The van der Waals surface area contributed by atoms with E-state index in [-0.39, 0.29) is 12.2 Å². The van der Waals surface area contributed by atoms with Crippen molar-refractivity contribution in [3.8, 4) is 0 Å². The summed E-state index contributed by atoms with van der Waals surface area (Å²) in [6, 6.07) is 13.7. The van der Waals surface area contributed by atoms with Crippen LogP contribution in [0.1, 0.15) is 49.3 Å². The Kier molecular flexibility index (Phi) is 6.08. The predicted octanol–water partition coefficient (Wildman–Crippen LogP) is 5.43. The van der Waals surface area contributed by atoms with E-state index >= 15 is 0 Å². The zero-order valence-corrected chi connectivity index (χ0v) is 16.1. The van der Waals surface area contributed by atoms with E-state index in [1.54, 1.807) is 0 Å². The van der Waals surface area contributed by atoms with E-state index in [0.717, 1.165) is 24.5 Å². The molecule has 0 unspecified atom stereocenters. The van der Waals surface area contributed by atoms with Crippen molar-refractivity contribution in [1.29, 1.82) is 0 Å². The lowest BCUT2D eigenvalue weighted by molar-refractivity contribution is -0.137.